The molecule has 0 spiro atoms. The van der Waals surface area contributed by atoms with Crippen LogP contribution < -0.4 is 0 Å². The minimum atomic E-state index is -0.701. The summed E-state index contributed by atoms with van der Waals surface area (Å²) in [5, 5.41) is 19.8. The summed E-state index contributed by atoms with van der Waals surface area (Å²) in [6.45, 7) is 0.162. The van der Waals surface area contributed by atoms with Gasteiger partial charge in [-0.3, -0.25) is 9.59 Å². The Morgan fingerprint density at radius 2 is 1.56 bits per heavy atom. The number of nitrogens with zero attached hydrogens (tertiary/aromatic N) is 1. The Morgan fingerprint density at radius 3 is 2.16 bits per heavy atom. The molecule has 1 saturated heterocycles. The Hall–Kier alpha value is -2.92. The van der Waals surface area contributed by atoms with Crippen LogP contribution in [0.3, 0.4) is 0 Å². The van der Waals surface area contributed by atoms with Gasteiger partial charge in [0.2, 0.25) is 0 Å². The van der Waals surface area contributed by atoms with Crippen LogP contribution in [0.25, 0.3) is 5.76 Å². The molecule has 2 aromatic carbocycles. The topological polar surface area (TPSA) is 77.8 Å². The van der Waals surface area contributed by atoms with E-state index in [4.69, 9.17) is 5.11 Å². The number of benzene rings is 2. The molecule has 1 unspecified atom stereocenters. The fourth-order valence-corrected chi connectivity index (χ4v) is 3.09. The Morgan fingerprint density at radius 1 is 0.960 bits per heavy atom. The third-order valence-electron chi connectivity index (χ3n) is 4.26. The molecule has 1 aliphatic rings. The number of hydrogen-bond acceptors (Lipinski definition) is 4. The minimum absolute atomic E-state index is 0.0802. The van der Waals surface area contributed by atoms with Crippen LogP contribution in [0.5, 0.6) is 0 Å². The van der Waals surface area contributed by atoms with Gasteiger partial charge < -0.3 is 15.1 Å². The summed E-state index contributed by atoms with van der Waals surface area (Å²) in [5.74, 6) is -1.53. The van der Waals surface area contributed by atoms with Crippen molar-refractivity contribution in [2.24, 2.45) is 0 Å². The molecular weight excluding hydrogens is 318 g/mol. The van der Waals surface area contributed by atoms with E-state index in [-0.39, 0.29) is 24.5 Å². The largest absolute Gasteiger partial charge is 0.507 e. The number of aliphatic hydroxyl groups excluding tert-OH is 2. The lowest BCUT2D eigenvalue weighted by Gasteiger charge is -2.25. The van der Waals surface area contributed by atoms with Gasteiger partial charge in [-0.25, -0.2) is 0 Å². The molecule has 2 N–H and O–H groups in total. The van der Waals surface area contributed by atoms with Crippen molar-refractivity contribution in [3.8, 4) is 0 Å². The van der Waals surface area contributed by atoms with Crippen LogP contribution in [0.2, 0.25) is 0 Å². The van der Waals surface area contributed by atoms with Gasteiger partial charge in [0, 0.05) is 18.7 Å². The van der Waals surface area contributed by atoms with Gasteiger partial charge in [-0.2, -0.15) is 0 Å². The third-order valence-corrected chi connectivity index (χ3v) is 4.26. The summed E-state index contributed by atoms with van der Waals surface area (Å²) in [7, 11) is 0. The molecule has 1 aliphatic heterocycles. The molecule has 1 amide bonds. The van der Waals surface area contributed by atoms with Crippen molar-refractivity contribution in [2.75, 3.05) is 13.2 Å². The van der Waals surface area contributed by atoms with E-state index in [0.717, 1.165) is 5.56 Å². The zero-order chi connectivity index (χ0) is 17.8. The lowest BCUT2D eigenvalue weighted by atomic mass is 9.95. The fourth-order valence-electron chi connectivity index (χ4n) is 3.09. The minimum Gasteiger partial charge on any atom is -0.507 e. The SMILES string of the molecule is O=C1C(=O)N(CCCO)C(c2ccccc2)/C1=C(\O)c1ccccc1. The van der Waals surface area contributed by atoms with Crippen LogP contribution in [0, 0.1) is 0 Å². The van der Waals surface area contributed by atoms with E-state index in [1.54, 1.807) is 24.3 Å². The smallest absolute Gasteiger partial charge is 0.295 e. The molecule has 5 nitrogen and oxygen atoms in total. The molecule has 0 aromatic heterocycles. The average molecular weight is 337 g/mol. The van der Waals surface area contributed by atoms with Gasteiger partial charge >= 0.3 is 0 Å². The molecule has 1 atom stereocenters. The lowest BCUT2D eigenvalue weighted by molar-refractivity contribution is -0.140. The highest BCUT2D eigenvalue weighted by molar-refractivity contribution is 6.46. The van der Waals surface area contributed by atoms with E-state index < -0.39 is 17.7 Å². The van der Waals surface area contributed by atoms with Gasteiger partial charge in [-0.15, -0.1) is 0 Å². The lowest BCUT2D eigenvalue weighted by Crippen LogP contribution is -2.31. The number of hydrogen-bond donors (Lipinski definition) is 2. The Labute approximate surface area is 145 Å². The maximum atomic E-state index is 12.6. The van der Waals surface area contributed by atoms with Crippen molar-refractivity contribution in [3.63, 3.8) is 0 Å². The number of carbonyl (C=O) groups is 2. The van der Waals surface area contributed by atoms with Crippen molar-refractivity contribution in [3.05, 3.63) is 77.4 Å². The highest BCUT2D eigenvalue weighted by Crippen LogP contribution is 2.39. The Bertz CT molecular complexity index is 799. The molecule has 0 saturated carbocycles. The van der Waals surface area contributed by atoms with Gasteiger partial charge in [0.1, 0.15) is 5.76 Å². The van der Waals surface area contributed by atoms with Crippen molar-refractivity contribution < 1.29 is 19.8 Å². The number of Topliss-reactive ketones (excluding diaryl/α,β-unsaturated/α-hetero) is 1. The van der Waals surface area contributed by atoms with Crippen LogP contribution in [-0.4, -0.2) is 40.0 Å². The van der Waals surface area contributed by atoms with Crippen LogP contribution in [0.4, 0.5) is 0 Å². The summed E-state index contributed by atoms with van der Waals surface area (Å²) in [4.78, 5) is 26.5. The van der Waals surface area contributed by atoms with Crippen molar-refractivity contribution in [2.45, 2.75) is 12.5 Å². The second-order valence-corrected chi connectivity index (χ2v) is 5.85. The van der Waals surface area contributed by atoms with E-state index in [0.29, 0.717) is 12.0 Å². The standard InChI is InChI=1S/C20H19NO4/c22-13-7-12-21-17(14-8-3-1-4-9-14)16(19(24)20(21)25)18(23)15-10-5-2-6-11-15/h1-6,8-11,17,22-23H,7,12-13H2/b18-16+. The molecule has 0 aliphatic carbocycles. The molecule has 3 rings (SSSR count). The molecule has 1 fully saturated rings. The molecule has 1 heterocycles. The number of carbonyl (C=O) groups excluding carboxylic acids is 2. The van der Waals surface area contributed by atoms with Crippen molar-refractivity contribution in [1.29, 1.82) is 0 Å². The van der Waals surface area contributed by atoms with Gasteiger partial charge in [-0.05, 0) is 12.0 Å². The van der Waals surface area contributed by atoms with Crippen molar-refractivity contribution >= 4 is 17.4 Å². The van der Waals surface area contributed by atoms with Crippen LogP contribution in [-0.2, 0) is 9.59 Å². The van der Waals surface area contributed by atoms with Gasteiger partial charge in [0.25, 0.3) is 11.7 Å². The summed E-state index contributed by atoms with van der Waals surface area (Å²) < 4.78 is 0. The normalized spacial score (nSPS) is 19.4. The number of amides is 1. The average Bonchev–Trinajstić information content (AvgIpc) is 2.91. The van der Waals surface area contributed by atoms with Gasteiger partial charge in [0.05, 0.1) is 11.6 Å². The highest BCUT2D eigenvalue weighted by atomic mass is 16.3. The number of rotatable bonds is 5. The first kappa shape index (κ1) is 16.9. The molecule has 5 heteroatoms. The van der Waals surface area contributed by atoms with Gasteiger partial charge in [-0.1, -0.05) is 60.7 Å². The van der Waals surface area contributed by atoms with E-state index >= 15 is 0 Å². The maximum Gasteiger partial charge on any atom is 0.295 e. The maximum absolute atomic E-state index is 12.6. The summed E-state index contributed by atoms with van der Waals surface area (Å²) in [5.41, 5.74) is 1.32. The summed E-state index contributed by atoms with van der Waals surface area (Å²) in [6, 6.07) is 17.2. The number of ketones is 1. The zero-order valence-electron chi connectivity index (χ0n) is 13.6. The second kappa shape index (κ2) is 7.32. The molecule has 2 aromatic rings. The predicted octanol–water partition coefficient (Wildman–Crippen LogP) is 2.49. The Kier molecular flexibility index (Phi) is 4.95. The third kappa shape index (κ3) is 3.19. The number of aliphatic hydroxyl groups is 2. The monoisotopic (exact) mass is 337 g/mol. The molecule has 25 heavy (non-hydrogen) atoms. The quantitative estimate of drug-likeness (QED) is 0.499. The van der Waals surface area contributed by atoms with Gasteiger partial charge in [0.15, 0.2) is 0 Å². The molecule has 0 radical (unpaired) electrons. The number of likely N-dealkylation sites (tertiary alicyclic amines) is 1. The molecule has 0 bridgehead atoms. The summed E-state index contributed by atoms with van der Waals surface area (Å²) >= 11 is 0. The first-order chi connectivity index (χ1) is 12.1. The van der Waals surface area contributed by atoms with Crippen LogP contribution >= 0.6 is 0 Å². The van der Waals surface area contributed by atoms with Crippen LogP contribution in [0.15, 0.2) is 66.2 Å². The first-order valence-electron chi connectivity index (χ1n) is 8.14. The van der Waals surface area contributed by atoms with E-state index in [1.807, 2.05) is 36.4 Å². The highest BCUT2D eigenvalue weighted by Gasteiger charge is 2.45. The zero-order valence-corrected chi connectivity index (χ0v) is 13.6. The molecule has 128 valence electrons. The van der Waals surface area contributed by atoms with E-state index in [2.05, 4.69) is 0 Å². The van der Waals surface area contributed by atoms with E-state index in [1.165, 1.54) is 4.90 Å². The summed E-state index contributed by atoms with van der Waals surface area (Å²) in [6.07, 6.45) is 0.363. The molecular formula is C20H19NO4. The van der Waals surface area contributed by atoms with Crippen molar-refractivity contribution in [1.82, 2.24) is 4.90 Å². The predicted molar refractivity (Wildman–Crippen MR) is 93.6 cm³/mol. The first-order valence-corrected chi connectivity index (χ1v) is 8.14. The van der Waals surface area contributed by atoms with E-state index in [9.17, 15) is 14.7 Å². The van der Waals surface area contributed by atoms with Crippen LogP contribution in [0.1, 0.15) is 23.6 Å². The second-order valence-electron chi connectivity index (χ2n) is 5.85. The fraction of sp³-hybridized carbons (Fsp3) is 0.200. The Balaban J connectivity index is 2.14.